The van der Waals surface area contributed by atoms with Crippen LogP contribution in [0.3, 0.4) is 0 Å². The van der Waals surface area contributed by atoms with Crippen LogP contribution in [0.25, 0.3) is 0 Å². The van der Waals surface area contributed by atoms with Crippen LogP contribution >= 0.6 is 15.9 Å². The van der Waals surface area contributed by atoms with E-state index >= 15 is 0 Å². The first-order valence-corrected chi connectivity index (χ1v) is 6.54. The highest BCUT2D eigenvalue weighted by molar-refractivity contribution is 9.10. The van der Waals surface area contributed by atoms with Crippen molar-refractivity contribution in [3.05, 3.63) is 34.3 Å². The van der Waals surface area contributed by atoms with Gasteiger partial charge in [-0.2, -0.15) is 0 Å². The molecule has 0 saturated heterocycles. The van der Waals surface area contributed by atoms with Gasteiger partial charge in [0.05, 0.1) is 5.60 Å². The Morgan fingerprint density at radius 2 is 2.06 bits per heavy atom. The van der Waals surface area contributed by atoms with Crippen molar-refractivity contribution >= 4 is 21.8 Å². The van der Waals surface area contributed by atoms with E-state index in [0.29, 0.717) is 18.0 Å². The van der Waals surface area contributed by atoms with Gasteiger partial charge < -0.3 is 10.4 Å². The van der Waals surface area contributed by atoms with Crippen molar-refractivity contribution in [3.63, 3.8) is 0 Å². The van der Waals surface area contributed by atoms with Crippen LogP contribution in [0.4, 0.5) is 0 Å². The zero-order valence-electron chi connectivity index (χ0n) is 9.74. The molecule has 0 aromatic heterocycles. The molecule has 1 unspecified atom stereocenters. The summed E-state index contributed by atoms with van der Waals surface area (Å²) in [6, 6.07) is 7.17. The largest absolute Gasteiger partial charge is 0.388 e. The van der Waals surface area contributed by atoms with Crippen molar-refractivity contribution in [2.75, 3.05) is 6.54 Å². The molecule has 1 aliphatic rings. The average Bonchev–Trinajstić information content (AvgIpc) is 3.11. The molecule has 0 radical (unpaired) electrons. The SMILES string of the molecule is CC(O)(CNC(=O)c1ccc(Br)cc1)C1CC1. The Labute approximate surface area is 109 Å². The molecule has 2 N–H and O–H groups in total. The summed E-state index contributed by atoms with van der Waals surface area (Å²) in [6.07, 6.45) is 2.11. The second-order valence-electron chi connectivity index (χ2n) is 4.82. The Morgan fingerprint density at radius 1 is 1.47 bits per heavy atom. The lowest BCUT2D eigenvalue weighted by Gasteiger charge is -2.23. The zero-order valence-corrected chi connectivity index (χ0v) is 11.3. The number of aliphatic hydroxyl groups is 1. The smallest absolute Gasteiger partial charge is 0.251 e. The second-order valence-corrected chi connectivity index (χ2v) is 5.74. The number of halogens is 1. The molecular formula is C13H16BrNO2. The minimum absolute atomic E-state index is 0.140. The molecule has 1 amide bonds. The number of rotatable bonds is 4. The number of nitrogens with one attached hydrogen (secondary N) is 1. The van der Waals surface area contributed by atoms with Gasteiger partial charge in [0.15, 0.2) is 0 Å². The normalized spacial score (nSPS) is 18.5. The van der Waals surface area contributed by atoms with E-state index in [4.69, 9.17) is 0 Å². The fraction of sp³-hybridized carbons (Fsp3) is 0.462. The van der Waals surface area contributed by atoms with E-state index in [2.05, 4.69) is 21.2 Å². The van der Waals surface area contributed by atoms with E-state index in [1.54, 1.807) is 19.1 Å². The van der Waals surface area contributed by atoms with Crippen molar-refractivity contribution in [2.45, 2.75) is 25.4 Å². The number of carbonyl (C=O) groups excluding carboxylic acids is 1. The second kappa shape index (κ2) is 4.78. The molecule has 0 spiro atoms. The maximum Gasteiger partial charge on any atom is 0.251 e. The molecule has 0 bridgehead atoms. The van der Waals surface area contributed by atoms with Crippen molar-refractivity contribution < 1.29 is 9.90 Å². The summed E-state index contributed by atoms with van der Waals surface area (Å²) in [7, 11) is 0. The molecule has 17 heavy (non-hydrogen) atoms. The third-order valence-electron chi connectivity index (χ3n) is 3.17. The quantitative estimate of drug-likeness (QED) is 0.896. The molecule has 1 atom stereocenters. The standard InChI is InChI=1S/C13H16BrNO2/c1-13(17,10-4-5-10)8-15-12(16)9-2-6-11(14)7-3-9/h2-3,6-7,10,17H,4-5,8H2,1H3,(H,15,16). The number of carbonyl (C=O) groups is 1. The zero-order chi connectivity index (χ0) is 12.5. The molecule has 1 fully saturated rings. The first kappa shape index (κ1) is 12.6. The number of amides is 1. The predicted molar refractivity (Wildman–Crippen MR) is 69.8 cm³/mol. The van der Waals surface area contributed by atoms with E-state index in [9.17, 15) is 9.90 Å². The predicted octanol–water partition coefficient (Wildman–Crippen LogP) is 2.34. The minimum Gasteiger partial charge on any atom is -0.388 e. The molecule has 1 aliphatic carbocycles. The fourth-order valence-electron chi connectivity index (χ4n) is 1.81. The van der Waals surface area contributed by atoms with Crippen LogP contribution in [0.15, 0.2) is 28.7 Å². The van der Waals surface area contributed by atoms with Gasteiger partial charge in [-0.25, -0.2) is 0 Å². The third kappa shape index (κ3) is 3.30. The van der Waals surface area contributed by atoms with Gasteiger partial charge in [-0.05, 0) is 49.9 Å². The molecule has 3 nitrogen and oxygen atoms in total. The van der Waals surface area contributed by atoms with Gasteiger partial charge in [0.2, 0.25) is 0 Å². The van der Waals surface area contributed by atoms with Gasteiger partial charge in [-0.1, -0.05) is 15.9 Å². The van der Waals surface area contributed by atoms with Crippen molar-refractivity contribution in [1.82, 2.24) is 5.32 Å². The van der Waals surface area contributed by atoms with E-state index in [-0.39, 0.29) is 5.91 Å². The maximum atomic E-state index is 11.8. The van der Waals surface area contributed by atoms with Gasteiger partial charge in [-0.3, -0.25) is 4.79 Å². The molecule has 0 heterocycles. The monoisotopic (exact) mass is 297 g/mol. The summed E-state index contributed by atoms with van der Waals surface area (Å²) < 4.78 is 0.944. The van der Waals surface area contributed by atoms with E-state index in [1.807, 2.05) is 12.1 Å². The Hall–Kier alpha value is -0.870. The summed E-state index contributed by atoms with van der Waals surface area (Å²) in [5.74, 6) is 0.200. The lowest BCUT2D eigenvalue weighted by molar-refractivity contribution is 0.0354. The number of hydrogen-bond acceptors (Lipinski definition) is 2. The molecular weight excluding hydrogens is 282 g/mol. The lowest BCUT2D eigenvalue weighted by Crippen LogP contribution is -2.42. The molecule has 1 aromatic carbocycles. The Morgan fingerprint density at radius 3 is 2.59 bits per heavy atom. The van der Waals surface area contributed by atoms with Crippen molar-refractivity contribution in [3.8, 4) is 0 Å². The number of hydrogen-bond donors (Lipinski definition) is 2. The number of benzene rings is 1. The topological polar surface area (TPSA) is 49.3 Å². The Balaban J connectivity index is 1.91. The van der Waals surface area contributed by atoms with E-state index in [0.717, 1.165) is 17.3 Å². The van der Waals surface area contributed by atoms with Crippen LogP contribution < -0.4 is 5.32 Å². The van der Waals surface area contributed by atoms with Gasteiger partial charge in [0.25, 0.3) is 5.91 Å². The summed E-state index contributed by atoms with van der Waals surface area (Å²) in [5, 5.41) is 12.8. The van der Waals surface area contributed by atoms with Crippen LogP contribution in [0.5, 0.6) is 0 Å². The Kier molecular flexibility index (Phi) is 3.54. The average molecular weight is 298 g/mol. The van der Waals surface area contributed by atoms with Crippen LogP contribution in [0, 0.1) is 5.92 Å². The van der Waals surface area contributed by atoms with Gasteiger partial charge in [0, 0.05) is 16.6 Å². The molecule has 92 valence electrons. The molecule has 2 rings (SSSR count). The van der Waals surface area contributed by atoms with Gasteiger partial charge >= 0.3 is 0 Å². The molecule has 4 heteroatoms. The maximum absolute atomic E-state index is 11.8. The van der Waals surface area contributed by atoms with Crippen LogP contribution in [-0.2, 0) is 0 Å². The summed E-state index contributed by atoms with van der Waals surface area (Å²) in [4.78, 5) is 11.8. The first-order valence-electron chi connectivity index (χ1n) is 5.75. The molecule has 0 aliphatic heterocycles. The summed E-state index contributed by atoms with van der Waals surface area (Å²) in [5.41, 5.74) is -0.162. The van der Waals surface area contributed by atoms with Crippen LogP contribution in [0.1, 0.15) is 30.1 Å². The lowest BCUT2D eigenvalue weighted by atomic mass is 10.0. The van der Waals surface area contributed by atoms with Crippen molar-refractivity contribution in [2.24, 2.45) is 5.92 Å². The first-order chi connectivity index (χ1) is 7.99. The van der Waals surface area contributed by atoms with Crippen LogP contribution in [-0.4, -0.2) is 23.2 Å². The van der Waals surface area contributed by atoms with E-state index in [1.165, 1.54) is 0 Å². The van der Waals surface area contributed by atoms with Crippen molar-refractivity contribution in [1.29, 1.82) is 0 Å². The summed E-state index contributed by atoms with van der Waals surface area (Å²) >= 11 is 3.32. The fourth-order valence-corrected chi connectivity index (χ4v) is 2.08. The van der Waals surface area contributed by atoms with Gasteiger partial charge in [0.1, 0.15) is 0 Å². The highest BCUT2D eigenvalue weighted by Gasteiger charge is 2.39. The summed E-state index contributed by atoms with van der Waals surface area (Å²) in [6.45, 7) is 2.10. The highest BCUT2D eigenvalue weighted by atomic mass is 79.9. The Bertz CT molecular complexity index is 410. The minimum atomic E-state index is -0.773. The molecule has 1 saturated carbocycles. The van der Waals surface area contributed by atoms with Gasteiger partial charge in [-0.15, -0.1) is 0 Å². The molecule has 1 aromatic rings. The van der Waals surface area contributed by atoms with Crippen LogP contribution in [0.2, 0.25) is 0 Å². The third-order valence-corrected chi connectivity index (χ3v) is 3.70. The highest BCUT2D eigenvalue weighted by Crippen LogP contribution is 2.39. The van der Waals surface area contributed by atoms with E-state index < -0.39 is 5.60 Å².